The summed E-state index contributed by atoms with van der Waals surface area (Å²) < 4.78 is 4.99. The van der Waals surface area contributed by atoms with Gasteiger partial charge < -0.3 is 19.9 Å². The van der Waals surface area contributed by atoms with E-state index in [2.05, 4.69) is 15.3 Å². The van der Waals surface area contributed by atoms with Gasteiger partial charge in [0.15, 0.2) is 0 Å². The van der Waals surface area contributed by atoms with Crippen molar-refractivity contribution in [2.75, 3.05) is 26.2 Å². The number of aromatic nitrogens is 2. The topological polar surface area (TPSA) is 70.2 Å². The number of nitrogens with zero attached hydrogens (tertiary/aromatic N) is 2. The van der Waals surface area contributed by atoms with Crippen molar-refractivity contribution in [3.63, 3.8) is 0 Å². The van der Waals surface area contributed by atoms with Crippen molar-refractivity contribution in [3.8, 4) is 6.01 Å². The Balaban J connectivity index is 1.88. The highest BCUT2D eigenvalue weighted by molar-refractivity contribution is 5.69. The minimum Gasteiger partial charge on any atom is -0.375 e. The van der Waals surface area contributed by atoms with Crippen LogP contribution in [-0.2, 0) is 0 Å². The zero-order valence-electron chi connectivity index (χ0n) is 7.69. The Morgan fingerprint density at radius 2 is 2.29 bits per heavy atom. The molecule has 1 fully saturated rings. The van der Waals surface area contributed by atoms with Gasteiger partial charge in [-0.05, 0) is 0 Å². The number of amides is 1. The van der Waals surface area contributed by atoms with Gasteiger partial charge in [-0.2, -0.15) is 0 Å². The van der Waals surface area contributed by atoms with E-state index in [4.69, 9.17) is 4.74 Å². The van der Waals surface area contributed by atoms with Gasteiger partial charge in [0.1, 0.15) is 0 Å². The number of imidazole rings is 1. The van der Waals surface area contributed by atoms with Crippen molar-refractivity contribution < 1.29 is 9.53 Å². The van der Waals surface area contributed by atoms with Crippen LogP contribution in [0.1, 0.15) is 0 Å². The van der Waals surface area contributed by atoms with Crippen LogP contribution >= 0.6 is 0 Å². The molecule has 2 heterocycles. The molecule has 6 heteroatoms. The van der Waals surface area contributed by atoms with E-state index in [9.17, 15) is 4.79 Å². The molecule has 1 aliphatic rings. The van der Waals surface area contributed by atoms with Crippen LogP contribution in [0.4, 0.5) is 4.79 Å². The Hall–Kier alpha value is -1.56. The molecule has 0 saturated carbocycles. The molecule has 14 heavy (non-hydrogen) atoms. The molecule has 0 radical (unpaired) electrons. The molecule has 0 unspecified atom stereocenters. The second-order valence-electron chi connectivity index (χ2n) is 3.00. The van der Waals surface area contributed by atoms with Crippen molar-refractivity contribution in [3.05, 3.63) is 12.4 Å². The molecule has 1 saturated heterocycles. The maximum atomic E-state index is 11.5. The summed E-state index contributed by atoms with van der Waals surface area (Å²) in [5, 5.41) is 3.16. The lowest BCUT2D eigenvalue weighted by Gasteiger charge is -2.25. The summed E-state index contributed by atoms with van der Waals surface area (Å²) in [4.78, 5) is 19.7. The first-order chi connectivity index (χ1) is 6.86. The molecule has 2 rings (SSSR count). The lowest BCUT2D eigenvalue weighted by molar-refractivity contribution is 0.142. The third-order valence-electron chi connectivity index (χ3n) is 2.03. The first-order valence-corrected chi connectivity index (χ1v) is 4.53. The third kappa shape index (κ3) is 2.02. The van der Waals surface area contributed by atoms with Gasteiger partial charge in [0.2, 0.25) is 0 Å². The molecule has 2 N–H and O–H groups in total. The van der Waals surface area contributed by atoms with Crippen molar-refractivity contribution in [1.82, 2.24) is 20.2 Å². The third-order valence-corrected chi connectivity index (χ3v) is 2.03. The summed E-state index contributed by atoms with van der Waals surface area (Å²) in [5.74, 6) is 0. The predicted octanol–water partition coefficient (Wildman–Crippen LogP) is -0.186. The number of carbonyl (C=O) groups is 1. The minimum atomic E-state index is -0.346. The largest absolute Gasteiger partial charge is 0.417 e. The summed E-state index contributed by atoms with van der Waals surface area (Å²) >= 11 is 0. The average Bonchev–Trinajstić information content (AvgIpc) is 2.72. The Bertz CT molecular complexity index is 292. The van der Waals surface area contributed by atoms with Gasteiger partial charge in [0.25, 0.3) is 0 Å². The summed E-state index contributed by atoms with van der Waals surface area (Å²) in [6.45, 7) is 2.99. The van der Waals surface area contributed by atoms with Gasteiger partial charge in [-0.25, -0.2) is 9.78 Å². The summed E-state index contributed by atoms with van der Waals surface area (Å²) in [5.41, 5.74) is 0. The van der Waals surface area contributed by atoms with Crippen molar-refractivity contribution >= 4 is 6.09 Å². The van der Waals surface area contributed by atoms with Crippen LogP contribution in [0.2, 0.25) is 0 Å². The fourth-order valence-corrected chi connectivity index (χ4v) is 1.30. The van der Waals surface area contributed by atoms with Crippen LogP contribution in [0.15, 0.2) is 12.4 Å². The minimum absolute atomic E-state index is 0.244. The van der Waals surface area contributed by atoms with Gasteiger partial charge in [-0.15, -0.1) is 0 Å². The van der Waals surface area contributed by atoms with Crippen LogP contribution in [0.5, 0.6) is 6.01 Å². The fraction of sp³-hybridized carbons (Fsp3) is 0.500. The molecule has 6 nitrogen and oxygen atoms in total. The summed E-state index contributed by atoms with van der Waals surface area (Å²) in [6.07, 6.45) is 2.81. The number of hydrogen-bond donors (Lipinski definition) is 2. The van der Waals surface area contributed by atoms with Crippen molar-refractivity contribution in [1.29, 1.82) is 0 Å². The number of H-pyrrole nitrogens is 1. The Kier molecular flexibility index (Phi) is 2.64. The second kappa shape index (κ2) is 4.10. The Morgan fingerprint density at radius 1 is 1.50 bits per heavy atom. The van der Waals surface area contributed by atoms with E-state index in [1.165, 1.54) is 0 Å². The normalized spacial score (nSPS) is 16.7. The molecule has 0 aromatic carbocycles. The first-order valence-electron chi connectivity index (χ1n) is 4.53. The van der Waals surface area contributed by atoms with E-state index in [-0.39, 0.29) is 12.1 Å². The van der Waals surface area contributed by atoms with Gasteiger partial charge >= 0.3 is 12.1 Å². The molecule has 1 aliphatic heterocycles. The van der Waals surface area contributed by atoms with E-state index in [1.54, 1.807) is 17.3 Å². The van der Waals surface area contributed by atoms with Crippen LogP contribution < -0.4 is 10.1 Å². The molecule has 76 valence electrons. The van der Waals surface area contributed by atoms with E-state index in [1.807, 2.05) is 0 Å². The number of rotatable bonds is 1. The molecule has 0 spiro atoms. The smallest absolute Gasteiger partial charge is 0.375 e. The van der Waals surface area contributed by atoms with Crippen LogP contribution in [-0.4, -0.2) is 47.1 Å². The highest BCUT2D eigenvalue weighted by atomic mass is 16.6. The van der Waals surface area contributed by atoms with E-state index < -0.39 is 0 Å². The summed E-state index contributed by atoms with van der Waals surface area (Å²) in [6, 6.07) is 0.244. The number of aromatic amines is 1. The molecule has 1 aromatic heterocycles. The first kappa shape index (κ1) is 9.01. The van der Waals surface area contributed by atoms with Crippen LogP contribution in [0.3, 0.4) is 0 Å². The van der Waals surface area contributed by atoms with Crippen molar-refractivity contribution in [2.45, 2.75) is 0 Å². The van der Waals surface area contributed by atoms with Gasteiger partial charge in [-0.1, -0.05) is 0 Å². The fourth-order valence-electron chi connectivity index (χ4n) is 1.30. The number of carbonyl (C=O) groups excluding carboxylic acids is 1. The highest BCUT2D eigenvalue weighted by Crippen LogP contribution is 2.03. The number of ether oxygens (including phenoxy) is 1. The average molecular weight is 196 g/mol. The highest BCUT2D eigenvalue weighted by Gasteiger charge is 2.18. The van der Waals surface area contributed by atoms with Gasteiger partial charge in [-0.3, -0.25) is 0 Å². The molecular weight excluding hydrogens is 184 g/mol. The van der Waals surface area contributed by atoms with Crippen molar-refractivity contribution in [2.24, 2.45) is 0 Å². The summed E-state index contributed by atoms with van der Waals surface area (Å²) in [7, 11) is 0. The zero-order chi connectivity index (χ0) is 9.80. The van der Waals surface area contributed by atoms with E-state index in [0.29, 0.717) is 13.1 Å². The Morgan fingerprint density at radius 3 is 2.93 bits per heavy atom. The molecule has 1 amide bonds. The monoisotopic (exact) mass is 196 g/mol. The number of piperazine rings is 1. The predicted molar refractivity (Wildman–Crippen MR) is 49.1 cm³/mol. The van der Waals surface area contributed by atoms with Crippen LogP contribution in [0.25, 0.3) is 0 Å². The lowest BCUT2D eigenvalue weighted by Crippen LogP contribution is -2.47. The molecule has 0 bridgehead atoms. The van der Waals surface area contributed by atoms with Gasteiger partial charge in [0.05, 0.1) is 0 Å². The molecule has 1 aromatic rings. The molecule has 0 aliphatic carbocycles. The van der Waals surface area contributed by atoms with E-state index in [0.717, 1.165) is 13.1 Å². The maximum absolute atomic E-state index is 11.5. The number of hydrogen-bond acceptors (Lipinski definition) is 4. The van der Waals surface area contributed by atoms with Gasteiger partial charge in [0, 0.05) is 38.6 Å². The molecule has 0 atom stereocenters. The maximum Gasteiger partial charge on any atom is 0.417 e. The zero-order valence-corrected chi connectivity index (χ0v) is 7.69. The molecular formula is C8H12N4O2. The lowest BCUT2D eigenvalue weighted by atomic mass is 10.4. The second-order valence-corrected chi connectivity index (χ2v) is 3.00. The number of nitrogens with one attached hydrogen (secondary N) is 2. The quantitative estimate of drug-likeness (QED) is 0.653. The Labute approximate surface area is 81.3 Å². The standard InChI is InChI=1S/C8H12N4O2/c13-8(12-5-3-9-4-6-12)14-7-10-1-2-11-7/h1-2,9H,3-6H2,(H,10,11). The SMILES string of the molecule is O=C(Oc1ncc[nH]1)N1CCNCC1. The van der Waals surface area contributed by atoms with E-state index >= 15 is 0 Å². The van der Waals surface area contributed by atoms with Crippen LogP contribution in [0, 0.1) is 0 Å².